The highest BCUT2D eigenvalue weighted by atomic mass is 32.1. The highest BCUT2D eigenvalue weighted by Gasteiger charge is 2.52. The third kappa shape index (κ3) is 3.75. The number of hydrogen-bond acceptors (Lipinski definition) is 5. The molecule has 0 radical (unpaired) electrons. The van der Waals surface area contributed by atoms with Gasteiger partial charge in [-0.2, -0.15) is 0 Å². The van der Waals surface area contributed by atoms with E-state index in [9.17, 15) is 4.79 Å². The lowest BCUT2D eigenvalue weighted by molar-refractivity contribution is 0.00578. The molecule has 1 fully saturated rings. The van der Waals surface area contributed by atoms with E-state index >= 15 is 0 Å². The van der Waals surface area contributed by atoms with Crippen molar-refractivity contribution in [3.63, 3.8) is 0 Å². The van der Waals surface area contributed by atoms with E-state index < -0.39 is 30.0 Å². The van der Waals surface area contributed by atoms with Gasteiger partial charge in [0.2, 0.25) is 0 Å². The molecule has 1 aromatic carbocycles. The lowest BCUT2D eigenvalue weighted by Crippen LogP contribution is -2.41. The zero-order chi connectivity index (χ0) is 19.3. The molecule has 140 valence electrons. The van der Waals surface area contributed by atoms with E-state index in [4.69, 9.17) is 14.0 Å². The van der Waals surface area contributed by atoms with Crippen molar-refractivity contribution in [3.8, 4) is 0 Å². The number of nitrogens with one attached hydrogen (secondary N) is 1. The van der Waals surface area contributed by atoms with Crippen LogP contribution in [0.4, 0.5) is 9.80 Å². The van der Waals surface area contributed by atoms with E-state index in [1.807, 2.05) is 72.7 Å². The number of hydrogen-bond donors (Lipinski definition) is 1. The molecule has 1 aliphatic heterocycles. The minimum atomic E-state index is -0.533. The first kappa shape index (κ1) is 19.2. The van der Waals surface area contributed by atoms with Crippen molar-refractivity contribution in [2.75, 3.05) is 5.32 Å². The van der Waals surface area contributed by atoms with E-state index in [1.165, 1.54) is 11.3 Å². The topological polar surface area (TPSA) is 56.8 Å². The number of rotatable bonds is 2. The lowest BCUT2D eigenvalue weighted by Gasteiger charge is -2.32. The Labute approximate surface area is 159 Å². The molecule has 0 bridgehead atoms. The fraction of sp³-hybridized carbons (Fsp3) is 0.526. The molecule has 0 aliphatic carbocycles. The quantitative estimate of drug-likeness (QED) is 0.783. The van der Waals surface area contributed by atoms with Crippen molar-refractivity contribution in [2.45, 2.75) is 65.3 Å². The second kappa shape index (κ2) is 6.25. The summed E-state index contributed by atoms with van der Waals surface area (Å²) in [7, 11) is -0.437. The van der Waals surface area contributed by atoms with Crippen LogP contribution in [0.5, 0.6) is 0 Å². The standard InChI is InChI=1S/C19H26BNO4S/c1-17(2,3)23-16(22)21-15-11-12-13(9-8-10-14(12)26-15)20-24-18(4,5)19(6,7)25-20/h8-11H,1-7H3,(H,21,22). The van der Waals surface area contributed by atoms with Crippen LogP contribution in [0.1, 0.15) is 48.5 Å². The molecule has 1 N–H and O–H groups in total. The van der Waals surface area contributed by atoms with Crippen molar-refractivity contribution >= 4 is 45.1 Å². The van der Waals surface area contributed by atoms with Crippen LogP contribution in [-0.4, -0.2) is 30.0 Å². The summed E-state index contributed by atoms with van der Waals surface area (Å²) in [5, 5.41) is 4.56. The molecule has 7 heteroatoms. The lowest BCUT2D eigenvalue weighted by atomic mass is 9.77. The Morgan fingerprint density at radius 3 is 2.35 bits per heavy atom. The molecule has 26 heavy (non-hydrogen) atoms. The number of carbonyl (C=O) groups excluding carboxylic acids is 1. The number of benzene rings is 1. The van der Waals surface area contributed by atoms with Crippen LogP contribution in [0, 0.1) is 0 Å². The zero-order valence-electron chi connectivity index (χ0n) is 16.4. The Hall–Kier alpha value is -1.57. The molecule has 1 amide bonds. The van der Waals surface area contributed by atoms with E-state index in [0.29, 0.717) is 0 Å². The third-order valence-corrected chi connectivity index (χ3v) is 5.74. The van der Waals surface area contributed by atoms with E-state index in [0.717, 1.165) is 20.6 Å². The zero-order valence-corrected chi connectivity index (χ0v) is 17.2. The van der Waals surface area contributed by atoms with Crippen LogP contribution in [-0.2, 0) is 14.0 Å². The highest BCUT2D eigenvalue weighted by molar-refractivity contribution is 7.23. The number of fused-ring (bicyclic) bond motifs is 1. The van der Waals surface area contributed by atoms with Crippen LogP contribution in [0.3, 0.4) is 0 Å². The maximum absolute atomic E-state index is 12.0. The van der Waals surface area contributed by atoms with Gasteiger partial charge in [-0.3, -0.25) is 5.32 Å². The van der Waals surface area contributed by atoms with Crippen molar-refractivity contribution in [2.24, 2.45) is 0 Å². The van der Waals surface area contributed by atoms with Crippen molar-refractivity contribution < 1.29 is 18.8 Å². The van der Waals surface area contributed by atoms with Gasteiger partial charge in [-0.25, -0.2) is 4.79 Å². The maximum Gasteiger partial charge on any atom is 0.495 e. The van der Waals surface area contributed by atoms with Crippen molar-refractivity contribution in [1.82, 2.24) is 0 Å². The number of anilines is 1. The predicted molar refractivity (Wildman–Crippen MR) is 107 cm³/mol. The van der Waals surface area contributed by atoms with E-state index in [2.05, 4.69) is 5.32 Å². The first-order valence-corrected chi connectivity index (χ1v) is 9.58. The summed E-state index contributed by atoms with van der Waals surface area (Å²) in [6, 6.07) is 7.96. The number of thiophene rings is 1. The van der Waals surface area contributed by atoms with Gasteiger partial charge in [0.25, 0.3) is 0 Å². The molecule has 1 aromatic heterocycles. The normalized spacial score (nSPS) is 19.0. The molecule has 5 nitrogen and oxygen atoms in total. The Morgan fingerprint density at radius 2 is 1.77 bits per heavy atom. The Balaban J connectivity index is 1.88. The van der Waals surface area contributed by atoms with Crippen LogP contribution in [0.15, 0.2) is 24.3 Å². The molecular formula is C19H26BNO4S. The van der Waals surface area contributed by atoms with Crippen LogP contribution in [0.2, 0.25) is 0 Å². The smallest absolute Gasteiger partial charge is 0.444 e. The number of amides is 1. The first-order valence-electron chi connectivity index (χ1n) is 8.76. The van der Waals surface area contributed by atoms with Gasteiger partial charge < -0.3 is 14.0 Å². The van der Waals surface area contributed by atoms with Crippen LogP contribution in [0.25, 0.3) is 10.1 Å². The molecule has 1 aliphatic rings. The summed E-state index contributed by atoms with van der Waals surface area (Å²) in [6.07, 6.45) is -0.457. The largest absolute Gasteiger partial charge is 0.495 e. The molecule has 3 rings (SSSR count). The molecule has 2 aromatic rings. The molecule has 0 saturated carbocycles. The molecular weight excluding hydrogens is 349 g/mol. The van der Waals surface area contributed by atoms with Crippen LogP contribution >= 0.6 is 11.3 Å². The minimum Gasteiger partial charge on any atom is -0.444 e. The Morgan fingerprint density at radius 1 is 1.15 bits per heavy atom. The van der Waals surface area contributed by atoms with Gasteiger partial charge >= 0.3 is 13.2 Å². The Bertz CT molecular complexity index is 822. The molecule has 0 spiro atoms. The minimum absolute atomic E-state index is 0.395. The van der Waals surface area contributed by atoms with E-state index in [-0.39, 0.29) is 0 Å². The molecule has 1 saturated heterocycles. The van der Waals surface area contributed by atoms with Gasteiger partial charge in [0, 0.05) is 4.70 Å². The summed E-state index contributed by atoms with van der Waals surface area (Å²) in [5.41, 5.74) is -0.357. The molecule has 0 unspecified atom stereocenters. The van der Waals surface area contributed by atoms with E-state index in [1.54, 1.807) is 0 Å². The maximum atomic E-state index is 12.0. The summed E-state index contributed by atoms with van der Waals surface area (Å²) < 4.78 is 18.8. The van der Waals surface area contributed by atoms with Gasteiger partial charge in [-0.1, -0.05) is 12.1 Å². The summed E-state index contributed by atoms with van der Waals surface area (Å²) in [4.78, 5) is 12.0. The SMILES string of the molecule is CC(C)(C)OC(=O)Nc1cc2c(B3OC(C)(C)C(C)(C)O3)cccc2s1. The number of carbonyl (C=O) groups is 1. The monoisotopic (exact) mass is 375 g/mol. The van der Waals surface area contributed by atoms with Gasteiger partial charge in [0.15, 0.2) is 0 Å². The third-order valence-electron chi connectivity index (χ3n) is 4.73. The molecule has 2 heterocycles. The molecule has 0 atom stereocenters. The van der Waals surface area contributed by atoms with Crippen LogP contribution < -0.4 is 10.8 Å². The average molecular weight is 375 g/mol. The second-order valence-corrected chi connectivity index (χ2v) is 9.67. The fourth-order valence-electron chi connectivity index (χ4n) is 2.72. The van der Waals surface area contributed by atoms with Crippen molar-refractivity contribution in [1.29, 1.82) is 0 Å². The summed E-state index contributed by atoms with van der Waals surface area (Å²) in [6.45, 7) is 13.7. The first-order chi connectivity index (χ1) is 11.9. The summed E-state index contributed by atoms with van der Waals surface area (Å²) >= 11 is 1.50. The van der Waals surface area contributed by atoms with Gasteiger partial charge in [-0.05, 0) is 71.4 Å². The number of ether oxygens (including phenoxy) is 1. The summed E-state index contributed by atoms with van der Waals surface area (Å²) in [5.74, 6) is 0. The van der Waals surface area contributed by atoms with Gasteiger partial charge in [0.1, 0.15) is 5.60 Å². The predicted octanol–water partition coefficient (Wildman–Crippen LogP) is 4.55. The fourth-order valence-corrected chi connectivity index (χ4v) is 3.71. The van der Waals surface area contributed by atoms with Crippen molar-refractivity contribution in [3.05, 3.63) is 24.3 Å². The second-order valence-electron chi connectivity index (χ2n) is 8.58. The highest BCUT2D eigenvalue weighted by Crippen LogP contribution is 2.38. The van der Waals surface area contributed by atoms with Gasteiger partial charge in [0.05, 0.1) is 16.2 Å². The average Bonchev–Trinajstić information content (AvgIpc) is 2.93. The Kier molecular flexibility index (Phi) is 4.62. The van der Waals surface area contributed by atoms with Gasteiger partial charge in [-0.15, -0.1) is 11.3 Å².